The fraction of sp³-hybridized carbons (Fsp3) is 0.333. The maximum Gasteiger partial charge on any atom is 0.335 e. The lowest BCUT2D eigenvalue weighted by Gasteiger charge is -2.33. The molecule has 0 amide bonds. The number of hydrogen-bond acceptors (Lipinski definition) is 6. The Morgan fingerprint density at radius 2 is 1.94 bits per heavy atom. The van der Waals surface area contributed by atoms with E-state index in [1.54, 1.807) is 0 Å². The number of rotatable bonds is 7. The molecule has 2 atom stereocenters. The van der Waals surface area contributed by atoms with Crippen molar-refractivity contribution in [1.82, 2.24) is 0 Å². The zero-order valence-electron chi connectivity index (χ0n) is 16.2. The number of aromatic carboxylic acids is 1. The first-order chi connectivity index (χ1) is 14.7. The summed E-state index contributed by atoms with van der Waals surface area (Å²) in [7, 11) is -4.21. The zero-order chi connectivity index (χ0) is 22.3. The van der Waals surface area contributed by atoms with E-state index in [9.17, 15) is 28.7 Å². The lowest BCUT2D eigenvalue weighted by atomic mass is 9.92. The number of carboxylic acids is 1. The molecular formula is C21H19ClN2O6S. The summed E-state index contributed by atoms with van der Waals surface area (Å²) in [4.78, 5) is 11.3. The molecule has 162 valence electrons. The first-order valence-electron chi connectivity index (χ1n) is 9.68. The summed E-state index contributed by atoms with van der Waals surface area (Å²) < 4.78 is 34.7. The molecule has 2 saturated carbocycles. The zero-order valence-corrected chi connectivity index (χ0v) is 17.8. The summed E-state index contributed by atoms with van der Waals surface area (Å²) >= 11 is 6.09. The highest BCUT2D eigenvalue weighted by Crippen LogP contribution is 2.44. The van der Waals surface area contributed by atoms with Crippen molar-refractivity contribution >= 4 is 33.3 Å². The van der Waals surface area contributed by atoms with E-state index in [0.717, 1.165) is 18.9 Å². The van der Waals surface area contributed by atoms with Crippen LogP contribution in [0, 0.1) is 11.3 Å². The van der Waals surface area contributed by atoms with Crippen molar-refractivity contribution in [2.24, 2.45) is 0 Å². The highest BCUT2D eigenvalue weighted by Gasteiger charge is 2.34. The van der Waals surface area contributed by atoms with E-state index in [2.05, 4.69) is 4.72 Å². The van der Waals surface area contributed by atoms with Crippen LogP contribution in [-0.2, 0) is 10.0 Å². The van der Waals surface area contributed by atoms with Gasteiger partial charge in [-0.2, -0.15) is 5.26 Å². The molecule has 0 saturated heterocycles. The number of nitriles is 1. The number of aliphatic hydroxyl groups is 1. The van der Waals surface area contributed by atoms with Gasteiger partial charge in [0.2, 0.25) is 0 Å². The molecule has 2 aromatic rings. The highest BCUT2D eigenvalue weighted by molar-refractivity contribution is 7.92. The number of carbonyl (C=O) groups is 1. The topological polar surface area (TPSA) is 137 Å². The van der Waals surface area contributed by atoms with Crippen LogP contribution in [0.2, 0.25) is 5.02 Å². The first kappa shape index (κ1) is 21.4. The minimum Gasteiger partial charge on any atom is -0.485 e. The molecule has 4 rings (SSSR count). The second kappa shape index (κ2) is 8.04. The molecule has 0 bridgehead atoms. The fourth-order valence-corrected chi connectivity index (χ4v) is 4.98. The van der Waals surface area contributed by atoms with Crippen molar-refractivity contribution < 1.29 is 28.2 Å². The number of aliphatic hydroxyl groups excluding tert-OH is 1. The van der Waals surface area contributed by atoms with Crippen LogP contribution in [0.15, 0.2) is 35.2 Å². The highest BCUT2D eigenvalue weighted by atomic mass is 35.5. The van der Waals surface area contributed by atoms with Crippen molar-refractivity contribution in [3.63, 3.8) is 0 Å². The molecule has 0 radical (unpaired) electrons. The Bertz CT molecular complexity index is 1200. The molecule has 2 fully saturated rings. The maximum absolute atomic E-state index is 13.3. The molecule has 0 aromatic heterocycles. The lowest BCUT2D eigenvalue weighted by molar-refractivity contribution is -0.0357. The van der Waals surface area contributed by atoms with Crippen molar-refractivity contribution in [1.29, 1.82) is 5.26 Å². The van der Waals surface area contributed by atoms with Crippen LogP contribution in [-0.4, -0.2) is 36.8 Å². The summed E-state index contributed by atoms with van der Waals surface area (Å²) in [5.74, 6) is -1.10. The van der Waals surface area contributed by atoms with Crippen LogP contribution in [0.4, 0.5) is 5.69 Å². The minimum absolute atomic E-state index is 0.0116. The third-order valence-corrected chi connectivity index (χ3v) is 7.19. The lowest BCUT2D eigenvalue weighted by Crippen LogP contribution is -2.41. The van der Waals surface area contributed by atoms with E-state index < -0.39 is 28.2 Å². The van der Waals surface area contributed by atoms with Crippen molar-refractivity contribution in [3.8, 4) is 11.8 Å². The Labute approximate surface area is 184 Å². The van der Waals surface area contributed by atoms with Crippen molar-refractivity contribution in [2.75, 3.05) is 4.72 Å². The predicted octanol–water partition coefficient (Wildman–Crippen LogP) is 3.49. The summed E-state index contributed by atoms with van der Waals surface area (Å²) in [6, 6.07) is 8.54. The average Bonchev–Trinajstić information content (AvgIpc) is 3.57. The molecule has 0 spiro atoms. The second-order valence-corrected chi connectivity index (χ2v) is 9.74. The molecule has 2 aromatic carbocycles. The summed E-state index contributed by atoms with van der Waals surface area (Å²) in [5.41, 5.74) is 0.432. The normalized spacial score (nSPS) is 20.4. The van der Waals surface area contributed by atoms with Gasteiger partial charge in [0.25, 0.3) is 10.0 Å². The van der Waals surface area contributed by atoms with Crippen LogP contribution in [0.1, 0.15) is 53.1 Å². The number of nitrogens with zero attached hydrogens (tertiary/aromatic N) is 1. The van der Waals surface area contributed by atoms with E-state index >= 15 is 0 Å². The average molecular weight is 463 g/mol. The second-order valence-electron chi connectivity index (χ2n) is 7.68. The molecule has 0 aliphatic heterocycles. The Hall–Kier alpha value is -2.80. The van der Waals surface area contributed by atoms with Crippen LogP contribution in [0.25, 0.3) is 0 Å². The molecule has 31 heavy (non-hydrogen) atoms. The molecule has 0 heterocycles. The monoisotopic (exact) mass is 462 g/mol. The van der Waals surface area contributed by atoms with Gasteiger partial charge < -0.3 is 14.9 Å². The number of hydrogen-bond donors (Lipinski definition) is 3. The van der Waals surface area contributed by atoms with E-state index in [4.69, 9.17) is 16.3 Å². The quantitative estimate of drug-likeness (QED) is 0.572. The largest absolute Gasteiger partial charge is 0.485 e. The molecule has 0 unspecified atom stereocenters. The molecular weight excluding hydrogens is 444 g/mol. The molecule has 2 aliphatic carbocycles. The van der Waals surface area contributed by atoms with Crippen LogP contribution < -0.4 is 9.46 Å². The number of nitrogens with one attached hydrogen (secondary N) is 1. The Morgan fingerprint density at radius 1 is 1.19 bits per heavy atom. The Kier molecular flexibility index (Phi) is 5.56. The predicted molar refractivity (Wildman–Crippen MR) is 112 cm³/mol. The van der Waals surface area contributed by atoms with E-state index in [1.165, 1.54) is 24.3 Å². The van der Waals surface area contributed by atoms with Gasteiger partial charge >= 0.3 is 5.97 Å². The fourth-order valence-electron chi connectivity index (χ4n) is 3.40. The number of carboxylic acid groups (broad SMARTS) is 1. The van der Waals surface area contributed by atoms with E-state index in [0.29, 0.717) is 18.4 Å². The van der Waals surface area contributed by atoms with Gasteiger partial charge in [-0.1, -0.05) is 17.7 Å². The van der Waals surface area contributed by atoms with Gasteiger partial charge in [-0.25, -0.2) is 13.2 Å². The number of sulfonamides is 1. The SMILES string of the molecule is N#Cc1cc(NS(=O)(=O)c2cc(C(=O)O)ccc2C2CC2)c(O[C@@H]2CC[C@H]2O)cc1Cl. The first-order valence-corrected chi connectivity index (χ1v) is 11.5. The summed E-state index contributed by atoms with van der Waals surface area (Å²) in [6.45, 7) is 0. The van der Waals surface area contributed by atoms with Gasteiger partial charge in [0.1, 0.15) is 17.9 Å². The van der Waals surface area contributed by atoms with E-state index in [-0.39, 0.29) is 38.4 Å². The smallest absolute Gasteiger partial charge is 0.335 e. The van der Waals surface area contributed by atoms with Crippen molar-refractivity contribution in [3.05, 3.63) is 52.0 Å². The summed E-state index contributed by atoms with van der Waals surface area (Å²) in [6.07, 6.45) is 1.63. The van der Waals surface area contributed by atoms with Gasteiger partial charge in [0.15, 0.2) is 0 Å². The van der Waals surface area contributed by atoms with Gasteiger partial charge in [-0.05, 0) is 55.4 Å². The number of halogens is 1. The van der Waals surface area contributed by atoms with Gasteiger partial charge in [-0.3, -0.25) is 4.72 Å². The van der Waals surface area contributed by atoms with Crippen LogP contribution in [0.3, 0.4) is 0 Å². The Morgan fingerprint density at radius 3 is 2.48 bits per heavy atom. The third-order valence-electron chi connectivity index (χ3n) is 5.46. The van der Waals surface area contributed by atoms with Crippen LogP contribution >= 0.6 is 11.6 Å². The molecule has 2 aliphatic rings. The Balaban J connectivity index is 1.75. The number of ether oxygens (including phenoxy) is 1. The van der Waals surface area contributed by atoms with Gasteiger partial charge in [0, 0.05) is 6.07 Å². The standard InChI is InChI=1S/C21H19ClN2O6S/c22-15-9-19(30-18-6-5-17(18)25)16(7-13(15)10-23)24-31(28,29)20-8-12(21(26)27)3-4-14(20)11-1-2-11/h3-4,7-9,11,17-18,24-25H,1-2,5-6H2,(H,26,27)/t17-,18-/m1/s1. The maximum atomic E-state index is 13.3. The summed E-state index contributed by atoms with van der Waals surface area (Å²) in [5, 5.41) is 28.5. The third kappa shape index (κ3) is 4.32. The molecule has 3 N–H and O–H groups in total. The minimum atomic E-state index is -4.21. The van der Waals surface area contributed by atoms with E-state index in [1.807, 2.05) is 6.07 Å². The number of anilines is 1. The molecule has 10 heteroatoms. The van der Waals surface area contributed by atoms with Crippen LogP contribution in [0.5, 0.6) is 5.75 Å². The van der Waals surface area contributed by atoms with Gasteiger partial charge in [0.05, 0.1) is 32.8 Å². The molecule has 8 nitrogen and oxygen atoms in total. The van der Waals surface area contributed by atoms with Gasteiger partial charge in [-0.15, -0.1) is 0 Å². The van der Waals surface area contributed by atoms with Crippen molar-refractivity contribution in [2.45, 2.75) is 48.7 Å². The number of benzene rings is 2.